The monoisotopic (exact) mass is 359 g/mol. The van der Waals surface area contributed by atoms with Crippen molar-refractivity contribution in [1.29, 1.82) is 0 Å². The molecule has 1 amide bonds. The number of carbonyl (C=O) groups is 1. The molecule has 0 aliphatic carbocycles. The fourth-order valence-electron chi connectivity index (χ4n) is 1.51. The van der Waals surface area contributed by atoms with Crippen LogP contribution in [0.15, 0.2) is 18.2 Å². The van der Waals surface area contributed by atoms with Crippen molar-refractivity contribution in [1.82, 2.24) is 5.32 Å². The van der Waals surface area contributed by atoms with Crippen LogP contribution in [0.5, 0.6) is 0 Å². The zero-order valence-corrected chi connectivity index (χ0v) is 14.3. The topological polar surface area (TPSA) is 29.1 Å². The summed E-state index contributed by atoms with van der Waals surface area (Å²) in [6.45, 7) is 9.22. The minimum atomic E-state index is -0.833. The van der Waals surface area contributed by atoms with Crippen molar-refractivity contribution in [3.05, 3.63) is 28.8 Å². The number of amides is 1. The molecule has 0 aromatic heterocycles. The maximum atomic E-state index is 12.0. The van der Waals surface area contributed by atoms with Gasteiger partial charge in [0.2, 0.25) is 0 Å². The van der Waals surface area contributed by atoms with Gasteiger partial charge < -0.3 is 0 Å². The van der Waals surface area contributed by atoms with Gasteiger partial charge in [-0.25, -0.2) is 0 Å². The van der Waals surface area contributed by atoms with Crippen LogP contribution in [0, 0.1) is 0 Å². The zero-order chi connectivity index (χ0) is 13.1. The Morgan fingerprint density at radius 1 is 1.41 bits per heavy atom. The van der Waals surface area contributed by atoms with Gasteiger partial charge in [0.1, 0.15) is 0 Å². The van der Waals surface area contributed by atoms with Crippen LogP contribution in [0.2, 0.25) is 8.45 Å². The number of rotatable bonds is 3. The Balaban J connectivity index is 3.13. The average Bonchev–Trinajstić information content (AvgIpc) is 2.15. The molecule has 2 radical (unpaired) electrons. The molecule has 1 aromatic carbocycles. The van der Waals surface area contributed by atoms with Crippen molar-refractivity contribution >= 4 is 42.2 Å². The Hall–Kier alpha value is -0.221. The molecule has 2 nitrogen and oxygen atoms in total. The van der Waals surface area contributed by atoms with Crippen LogP contribution in [0.4, 0.5) is 0 Å². The Morgan fingerprint density at radius 2 is 2.06 bits per heavy atom. The van der Waals surface area contributed by atoms with Gasteiger partial charge in [-0.1, -0.05) is 0 Å². The number of nitrogens with one attached hydrogen (secondary N) is 1. The fraction of sp³-hybridized carbons (Fsp3) is 0.462. The van der Waals surface area contributed by atoms with Crippen molar-refractivity contribution in [2.75, 3.05) is 6.54 Å². The molecule has 0 unspecified atom stereocenters. The van der Waals surface area contributed by atoms with Crippen molar-refractivity contribution in [3.8, 4) is 0 Å². The Kier molecular flexibility index (Phi) is 5.32. The van der Waals surface area contributed by atoms with Gasteiger partial charge in [-0.15, -0.1) is 0 Å². The van der Waals surface area contributed by atoms with Gasteiger partial charge in [0.25, 0.3) is 0 Å². The molecular weight excluding hydrogens is 340 g/mol. The summed E-state index contributed by atoms with van der Waals surface area (Å²) in [5.74, 6) is -0.0433. The van der Waals surface area contributed by atoms with E-state index >= 15 is 0 Å². The van der Waals surface area contributed by atoms with E-state index in [1.807, 2.05) is 19.1 Å². The van der Waals surface area contributed by atoms with Gasteiger partial charge in [-0.05, 0) is 0 Å². The first-order valence-electron chi connectivity index (χ1n) is 5.70. The molecule has 1 aromatic rings. The summed E-state index contributed by atoms with van der Waals surface area (Å²) in [7, 11) is 0. The van der Waals surface area contributed by atoms with E-state index in [0.29, 0.717) is 20.6 Å². The van der Waals surface area contributed by atoms with E-state index in [9.17, 15) is 4.79 Å². The van der Waals surface area contributed by atoms with E-state index in [1.165, 1.54) is 3.58 Å². The molecule has 0 saturated carbocycles. The van der Waals surface area contributed by atoms with E-state index in [2.05, 4.69) is 26.1 Å². The second kappa shape index (κ2) is 6.09. The molecule has 17 heavy (non-hydrogen) atoms. The van der Waals surface area contributed by atoms with Crippen LogP contribution in [0.3, 0.4) is 0 Å². The van der Waals surface area contributed by atoms with Crippen molar-refractivity contribution < 1.29 is 4.79 Å². The summed E-state index contributed by atoms with van der Waals surface area (Å²) in [5.41, 5.74) is 0.692. The van der Waals surface area contributed by atoms with Gasteiger partial charge in [-0.2, -0.15) is 0 Å². The molecule has 0 atom stereocenters. The first-order chi connectivity index (χ1) is 7.85. The van der Waals surface area contributed by atoms with Crippen LogP contribution >= 0.6 is 11.6 Å². The van der Waals surface area contributed by atoms with E-state index < -0.39 is 21.1 Å². The van der Waals surface area contributed by atoms with Gasteiger partial charge in [0, 0.05) is 0 Å². The van der Waals surface area contributed by atoms with E-state index in [1.54, 1.807) is 6.07 Å². The molecule has 0 fully saturated rings. The molecule has 4 heteroatoms. The van der Waals surface area contributed by atoms with Crippen molar-refractivity contribution in [2.24, 2.45) is 0 Å². The zero-order valence-electron chi connectivity index (χ0n) is 10.7. The quantitative estimate of drug-likeness (QED) is 0.827. The normalized spacial score (nSPS) is 11.4. The van der Waals surface area contributed by atoms with Crippen LogP contribution in [0.1, 0.15) is 38.1 Å². The second-order valence-electron chi connectivity index (χ2n) is 4.90. The first kappa shape index (κ1) is 14.8. The molecule has 0 bridgehead atoms. The third-order valence-corrected chi connectivity index (χ3v) is 6.50. The van der Waals surface area contributed by atoms with E-state index in [-0.39, 0.29) is 5.91 Å². The molecule has 0 aliphatic heterocycles. The van der Waals surface area contributed by atoms with Crippen LogP contribution in [0.25, 0.3) is 0 Å². The van der Waals surface area contributed by atoms with E-state index in [0.717, 1.165) is 0 Å². The summed E-state index contributed by atoms with van der Waals surface area (Å²) < 4.78 is 1.48. The number of hydrogen-bond acceptors (Lipinski definition) is 1. The molecule has 0 spiro atoms. The molecule has 1 rings (SSSR count). The number of carbonyl (C=O) groups excluding carboxylic acids is 1. The second-order valence-corrected chi connectivity index (χ2v) is 11.8. The van der Waals surface area contributed by atoms with Gasteiger partial charge in [0.05, 0.1) is 0 Å². The number of halogens is 1. The molecule has 92 valence electrons. The van der Waals surface area contributed by atoms with Crippen LogP contribution < -0.4 is 8.90 Å². The first-order valence-corrected chi connectivity index (χ1v) is 8.93. The van der Waals surface area contributed by atoms with Gasteiger partial charge in [0.15, 0.2) is 0 Å². The van der Waals surface area contributed by atoms with Crippen molar-refractivity contribution in [2.45, 2.75) is 31.1 Å². The third-order valence-electron chi connectivity index (χ3n) is 2.09. The molecule has 0 heterocycles. The summed E-state index contributed by atoms with van der Waals surface area (Å²) in [6, 6.07) is 5.78. The van der Waals surface area contributed by atoms with E-state index in [4.69, 9.17) is 11.6 Å². The summed E-state index contributed by atoms with van der Waals surface area (Å²) in [4.78, 5) is 12.0. The minimum absolute atomic E-state index is 0.0433. The predicted octanol–water partition coefficient (Wildman–Crippen LogP) is 2.64. The Labute approximate surface area is 118 Å². The summed E-state index contributed by atoms with van der Waals surface area (Å²) in [5, 5.41) is 3.40. The van der Waals surface area contributed by atoms with Crippen LogP contribution in [-0.4, -0.2) is 33.6 Å². The average molecular weight is 358 g/mol. The number of hydrogen-bond donors (Lipinski definition) is 1. The SMILES string of the molecule is CCNC(=O)c1c(Cl)ccc[c]1[Sn][C](C)(C)C. The maximum absolute atomic E-state index is 12.0. The summed E-state index contributed by atoms with van der Waals surface area (Å²) in [6.07, 6.45) is 0. The predicted molar refractivity (Wildman–Crippen MR) is 74.6 cm³/mol. The fourth-order valence-corrected chi connectivity index (χ4v) is 5.88. The third kappa shape index (κ3) is 4.51. The molecule has 1 N–H and O–H groups in total. The Bertz CT molecular complexity index is 412. The van der Waals surface area contributed by atoms with Crippen LogP contribution in [-0.2, 0) is 0 Å². The summed E-state index contributed by atoms with van der Waals surface area (Å²) >= 11 is 5.32. The standard InChI is InChI=1S/C9H9ClNO.C4H9.Sn/c1-2-11-9(12)7-5-3-4-6-8(7)10;1-4(2)3;/h3-4,6H,2H2,1H3,(H,11,12);1-3H3;. The number of benzene rings is 1. The molecule has 0 saturated heterocycles. The molecular formula is C13H18ClNOSn. The Morgan fingerprint density at radius 3 is 2.59 bits per heavy atom. The van der Waals surface area contributed by atoms with Gasteiger partial charge >= 0.3 is 119 Å². The molecule has 0 aliphatic rings. The van der Waals surface area contributed by atoms with Gasteiger partial charge in [-0.3, -0.25) is 0 Å². The van der Waals surface area contributed by atoms with Crippen molar-refractivity contribution in [3.63, 3.8) is 0 Å².